The summed E-state index contributed by atoms with van der Waals surface area (Å²) in [5, 5.41) is 4.59. The average Bonchev–Trinajstić information content (AvgIpc) is 2.40. The minimum atomic E-state index is 0. The monoisotopic (exact) mass is 341 g/mol. The van der Waals surface area contributed by atoms with Crippen LogP contribution in [0.25, 0.3) is 10.9 Å². The number of nitrogens with zero attached hydrogens (tertiary/aromatic N) is 2. The van der Waals surface area contributed by atoms with Crippen molar-refractivity contribution in [2.75, 3.05) is 31.1 Å². The van der Waals surface area contributed by atoms with E-state index in [2.05, 4.69) is 57.3 Å². The molecule has 2 heterocycles. The Morgan fingerprint density at radius 3 is 2.68 bits per heavy atom. The topological polar surface area (TPSA) is 28.2 Å². The van der Waals surface area contributed by atoms with Crippen molar-refractivity contribution in [1.82, 2.24) is 10.3 Å². The molecule has 0 saturated carbocycles. The molecule has 1 saturated heterocycles. The van der Waals surface area contributed by atoms with Crippen molar-refractivity contribution in [3.8, 4) is 0 Å². The number of hydrogen-bond acceptors (Lipinski definition) is 3. The summed E-state index contributed by atoms with van der Waals surface area (Å²) < 4.78 is 1.11. The zero-order chi connectivity index (χ0) is 12.5. The molecule has 3 rings (SSSR count). The van der Waals surface area contributed by atoms with E-state index in [0.29, 0.717) is 0 Å². The molecule has 1 aliphatic heterocycles. The third kappa shape index (κ3) is 3.02. The van der Waals surface area contributed by atoms with Gasteiger partial charge in [-0.3, -0.25) is 0 Å². The maximum atomic E-state index is 4.78. The van der Waals surface area contributed by atoms with Crippen LogP contribution in [-0.2, 0) is 0 Å². The van der Waals surface area contributed by atoms with Gasteiger partial charge in [-0.25, -0.2) is 4.98 Å². The van der Waals surface area contributed by atoms with Crippen molar-refractivity contribution in [3.05, 3.63) is 34.3 Å². The summed E-state index contributed by atoms with van der Waals surface area (Å²) in [6.45, 7) is 6.31. The molecule has 19 heavy (non-hydrogen) atoms. The summed E-state index contributed by atoms with van der Waals surface area (Å²) >= 11 is 3.52. The van der Waals surface area contributed by atoms with Crippen molar-refractivity contribution in [1.29, 1.82) is 0 Å². The van der Waals surface area contributed by atoms with Gasteiger partial charge in [0.1, 0.15) is 5.82 Å². The third-order valence-electron chi connectivity index (χ3n) is 3.41. The van der Waals surface area contributed by atoms with Gasteiger partial charge in [0.25, 0.3) is 0 Å². The Kier molecular flexibility index (Phi) is 4.66. The number of piperazine rings is 1. The zero-order valence-corrected chi connectivity index (χ0v) is 13.2. The Bertz CT molecular complexity index is 582. The minimum Gasteiger partial charge on any atom is -0.354 e. The van der Waals surface area contributed by atoms with Gasteiger partial charge in [0.15, 0.2) is 0 Å². The van der Waals surface area contributed by atoms with Gasteiger partial charge in [0, 0.05) is 36.0 Å². The predicted octanol–water partition coefficient (Wildman–Crippen LogP) is 3.14. The second kappa shape index (κ2) is 6.07. The summed E-state index contributed by atoms with van der Waals surface area (Å²) in [5.41, 5.74) is 2.36. The number of benzene rings is 1. The molecule has 102 valence electrons. The van der Waals surface area contributed by atoms with Gasteiger partial charge >= 0.3 is 0 Å². The van der Waals surface area contributed by atoms with Gasteiger partial charge < -0.3 is 10.2 Å². The largest absolute Gasteiger partial charge is 0.354 e. The number of nitrogens with one attached hydrogen (secondary N) is 1. The fourth-order valence-corrected chi connectivity index (χ4v) is 2.77. The highest BCUT2D eigenvalue weighted by Crippen LogP contribution is 2.25. The number of halogens is 2. The molecule has 0 atom stereocenters. The quantitative estimate of drug-likeness (QED) is 0.863. The highest BCUT2D eigenvalue weighted by atomic mass is 79.9. The molecule has 1 aromatic heterocycles. The second-order valence-electron chi connectivity index (χ2n) is 4.70. The Morgan fingerprint density at radius 2 is 1.95 bits per heavy atom. The summed E-state index contributed by atoms with van der Waals surface area (Å²) in [5.74, 6) is 1.10. The highest BCUT2D eigenvalue weighted by molar-refractivity contribution is 9.10. The van der Waals surface area contributed by atoms with Crippen molar-refractivity contribution < 1.29 is 0 Å². The number of rotatable bonds is 1. The standard InChI is InChI=1S/C14H16BrN3.ClH/c1-10-8-14(18-6-4-16-5-7-18)17-13-3-2-11(15)9-12(10)13;/h2-3,8-9,16H,4-7H2,1H3;1H. The first kappa shape index (κ1) is 14.6. The Labute approximate surface area is 127 Å². The van der Waals surface area contributed by atoms with Gasteiger partial charge in [-0.2, -0.15) is 0 Å². The van der Waals surface area contributed by atoms with Gasteiger partial charge in [-0.15, -0.1) is 12.4 Å². The van der Waals surface area contributed by atoms with Gasteiger partial charge in [0.2, 0.25) is 0 Å². The predicted molar refractivity (Wildman–Crippen MR) is 86.5 cm³/mol. The van der Waals surface area contributed by atoms with E-state index in [0.717, 1.165) is 42.0 Å². The molecule has 2 aromatic rings. The van der Waals surface area contributed by atoms with Crippen molar-refractivity contribution in [2.24, 2.45) is 0 Å². The molecule has 0 amide bonds. The number of aryl methyl sites for hydroxylation is 1. The molecule has 0 spiro atoms. The van der Waals surface area contributed by atoms with Crippen LogP contribution in [0.2, 0.25) is 0 Å². The fraction of sp³-hybridized carbons (Fsp3) is 0.357. The van der Waals surface area contributed by atoms with E-state index in [4.69, 9.17) is 4.98 Å². The van der Waals surface area contributed by atoms with E-state index >= 15 is 0 Å². The highest BCUT2D eigenvalue weighted by Gasteiger charge is 2.13. The van der Waals surface area contributed by atoms with Crippen LogP contribution in [0.5, 0.6) is 0 Å². The summed E-state index contributed by atoms with van der Waals surface area (Å²) in [6.07, 6.45) is 0. The van der Waals surface area contributed by atoms with Crippen LogP contribution in [0, 0.1) is 6.92 Å². The minimum absolute atomic E-state index is 0. The molecule has 5 heteroatoms. The van der Waals surface area contributed by atoms with Crippen molar-refractivity contribution >= 4 is 45.1 Å². The molecule has 0 bridgehead atoms. The average molecular weight is 343 g/mol. The molecule has 1 aliphatic rings. The van der Waals surface area contributed by atoms with Crippen LogP contribution in [0.3, 0.4) is 0 Å². The van der Waals surface area contributed by atoms with Gasteiger partial charge in [-0.05, 0) is 36.8 Å². The molecular formula is C14H17BrClN3. The number of anilines is 1. The van der Waals surface area contributed by atoms with Crippen LogP contribution < -0.4 is 10.2 Å². The molecule has 3 nitrogen and oxygen atoms in total. The number of pyridine rings is 1. The first-order valence-electron chi connectivity index (χ1n) is 6.26. The van der Waals surface area contributed by atoms with Crippen molar-refractivity contribution in [3.63, 3.8) is 0 Å². The Hall–Kier alpha value is -0.840. The smallest absolute Gasteiger partial charge is 0.129 e. The van der Waals surface area contributed by atoms with E-state index < -0.39 is 0 Å². The SMILES string of the molecule is Cc1cc(N2CCNCC2)nc2ccc(Br)cc12.Cl. The first-order valence-corrected chi connectivity index (χ1v) is 7.06. The van der Waals surface area contributed by atoms with Crippen LogP contribution >= 0.6 is 28.3 Å². The molecule has 1 N–H and O–H groups in total. The van der Waals surface area contributed by atoms with E-state index in [-0.39, 0.29) is 12.4 Å². The molecule has 1 fully saturated rings. The van der Waals surface area contributed by atoms with E-state index in [9.17, 15) is 0 Å². The summed E-state index contributed by atoms with van der Waals surface area (Å²) in [6, 6.07) is 8.47. The third-order valence-corrected chi connectivity index (χ3v) is 3.90. The van der Waals surface area contributed by atoms with Gasteiger partial charge in [-0.1, -0.05) is 15.9 Å². The zero-order valence-electron chi connectivity index (χ0n) is 10.8. The first-order chi connectivity index (χ1) is 8.74. The molecule has 1 aromatic carbocycles. The van der Waals surface area contributed by atoms with E-state index in [1.165, 1.54) is 10.9 Å². The molecule has 0 unspecified atom stereocenters. The van der Waals surface area contributed by atoms with Crippen LogP contribution in [0.1, 0.15) is 5.56 Å². The number of fused-ring (bicyclic) bond motifs is 1. The lowest BCUT2D eigenvalue weighted by Crippen LogP contribution is -2.43. The molecule has 0 aliphatic carbocycles. The summed E-state index contributed by atoms with van der Waals surface area (Å²) in [4.78, 5) is 7.13. The Morgan fingerprint density at radius 1 is 1.21 bits per heavy atom. The Balaban J connectivity index is 0.00000133. The lowest BCUT2D eigenvalue weighted by atomic mass is 10.1. The van der Waals surface area contributed by atoms with Crippen LogP contribution in [0.15, 0.2) is 28.7 Å². The summed E-state index contributed by atoms with van der Waals surface area (Å²) in [7, 11) is 0. The lowest BCUT2D eigenvalue weighted by molar-refractivity contribution is 0.585. The second-order valence-corrected chi connectivity index (χ2v) is 5.61. The maximum Gasteiger partial charge on any atom is 0.129 e. The van der Waals surface area contributed by atoms with E-state index in [1.807, 2.05) is 0 Å². The normalized spacial score (nSPS) is 15.4. The molecular weight excluding hydrogens is 326 g/mol. The van der Waals surface area contributed by atoms with Crippen LogP contribution in [0.4, 0.5) is 5.82 Å². The lowest BCUT2D eigenvalue weighted by Gasteiger charge is -2.28. The number of hydrogen-bond donors (Lipinski definition) is 1. The molecule has 0 radical (unpaired) electrons. The number of aromatic nitrogens is 1. The van der Waals surface area contributed by atoms with Crippen LogP contribution in [-0.4, -0.2) is 31.2 Å². The van der Waals surface area contributed by atoms with E-state index in [1.54, 1.807) is 0 Å². The maximum absolute atomic E-state index is 4.78. The van der Waals surface area contributed by atoms with Crippen molar-refractivity contribution in [2.45, 2.75) is 6.92 Å². The fourth-order valence-electron chi connectivity index (χ4n) is 2.40. The van der Waals surface area contributed by atoms with Gasteiger partial charge in [0.05, 0.1) is 5.52 Å².